The SMILES string of the molecule is CC#C[C@@](O)(CCc1ccccc1)CC(=O)[C@@H](C(=O)N1C(=O)OC[C@H]1c1ccccc1)[C@H](CC)c1cccc(N(Cc2ccccc2)Cc2ccccc2)c1. The third-order valence-electron chi connectivity index (χ3n) is 10.3. The number of aryl methyl sites for hydroxylation is 1. The van der Waals surface area contributed by atoms with E-state index < -0.39 is 41.3 Å². The zero-order valence-electron chi connectivity index (χ0n) is 31.5. The Labute approximate surface area is 324 Å². The van der Waals surface area contributed by atoms with Crippen molar-refractivity contribution in [3.8, 4) is 11.8 Å². The smallest absolute Gasteiger partial charge is 0.417 e. The van der Waals surface area contributed by atoms with Gasteiger partial charge in [-0.25, -0.2) is 9.69 Å². The summed E-state index contributed by atoms with van der Waals surface area (Å²) < 4.78 is 5.47. The first-order chi connectivity index (χ1) is 26.8. The second-order valence-electron chi connectivity index (χ2n) is 14.2. The summed E-state index contributed by atoms with van der Waals surface area (Å²) in [6.07, 6.45) is -0.0535. The Hall–Kier alpha value is -5.97. The highest BCUT2D eigenvalue weighted by molar-refractivity contribution is 6.08. The molecule has 4 atom stereocenters. The molecule has 1 fully saturated rings. The fraction of sp³-hybridized carbons (Fsp3) is 0.271. The van der Waals surface area contributed by atoms with E-state index in [1.165, 1.54) is 0 Å². The minimum absolute atomic E-state index is 0.0158. The summed E-state index contributed by atoms with van der Waals surface area (Å²) in [6.45, 7) is 4.83. The van der Waals surface area contributed by atoms with Gasteiger partial charge in [0.1, 0.15) is 30.0 Å². The third kappa shape index (κ3) is 9.78. The molecule has 5 aromatic rings. The van der Waals surface area contributed by atoms with Crippen LogP contribution in [0.4, 0.5) is 10.5 Å². The molecule has 0 radical (unpaired) electrons. The number of Topliss-reactive ketones (excluding diaryl/α,β-unsaturated/α-hetero) is 1. The molecule has 5 aromatic carbocycles. The van der Waals surface area contributed by atoms with Crippen molar-refractivity contribution in [3.05, 3.63) is 173 Å². The summed E-state index contributed by atoms with van der Waals surface area (Å²) >= 11 is 0. The fourth-order valence-corrected chi connectivity index (χ4v) is 7.55. The van der Waals surface area contributed by atoms with E-state index in [-0.39, 0.29) is 19.4 Å². The average Bonchev–Trinajstić information content (AvgIpc) is 3.61. The van der Waals surface area contributed by atoms with Gasteiger partial charge in [0, 0.05) is 31.1 Å². The molecular weight excluding hydrogens is 685 g/mol. The number of amides is 2. The number of hydrogen-bond acceptors (Lipinski definition) is 6. The van der Waals surface area contributed by atoms with Crippen LogP contribution >= 0.6 is 0 Å². The van der Waals surface area contributed by atoms with E-state index >= 15 is 0 Å². The van der Waals surface area contributed by atoms with Gasteiger partial charge in [0.25, 0.3) is 0 Å². The molecule has 1 N–H and O–H groups in total. The second kappa shape index (κ2) is 18.4. The molecule has 2 amide bonds. The van der Waals surface area contributed by atoms with Crippen molar-refractivity contribution in [1.82, 2.24) is 4.90 Å². The maximum absolute atomic E-state index is 15.0. The number of hydrogen-bond donors (Lipinski definition) is 1. The average molecular weight is 733 g/mol. The number of carbonyl (C=O) groups excluding carboxylic acids is 3. The summed E-state index contributed by atoms with van der Waals surface area (Å²) in [7, 11) is 0. The molecule has 280 valence electrons. The van der Waals surface area contributed by atoms with Gasteiger partial charge in [-0.15, -0.1) is 5.92 Å². The van der Waals surface area contributed by atoms with Crippen molar-refractivity contribution in [2.45, 2.75) is 70.2 Å². The highest BCUT2D eigenvalue weighted by Crippen LogP contribution is 2.38. The van der Waals surface area contributed by atoms with E-state index in [4.69, 9.17) is 4.74 Å². The lowest BCUT2D eigenvalue weighted by Gasteiger charge is -2.32. The van der Waals surface area contributed by atoms with Crippen LogP contribution in [-0.2, 0) is 33.8 Å². The van der Waals surface area contributed by atoms with Gasteiger partial charge in [-0.3, -0.25) is 9.59 Å². The van der Waals surface area contributed by atoms with Gasteiger partial charge in [0.05, 0.1) is 0 Å². The van der Waals surface area contributed by atoms with E-state index in [0.717, 1.165) is 38.4 Å². The first-order valence-electron chi connectivity index (χ1n) is 19.0. The number of nitrogens with zero attached hydrogens (tertiary/aromatic N) is 2. The molecule has 6 rings (SSSR count). The molecule has 7 heteroatoms. The van der Waals surface area contributed by atoms with Crippen molar-refractivity contribution in [2.24, 2.45) is 5.92 Å². The van der Waals surface area contributed by atoms with Gasteiger partial charge in [-0.1, -0.05) is 146 Å². The number of aliphatic hydroxyl groups is 1. The molecule has 0 spiro atoms. The maximum atomic E-state index is 15.0. The summed E-state index contributed by atoms with van der Waals surface area (Å²) in [5, 5.41) is 11.9. The summed E-state index contributed by atoms with van der Waals surface area (Å²) in [5.41, 5.74) is 4.06. The number of cyclic esters (lactones) is 1. The van der Waals surface area contributed by atoms with Gasteiger partial charge in [0.2, 0.25) is 5.91 Å². The normalized spacial score (nSPS) is 15.9. The number of imide groups is 1. The van der Waals surface area contributed by atoms with Crippen LogP contribution in [0.5, 0.6) is 0 Å². The minimum atomic E-state index is -1.69. The van der Waals surface area contributed by atoms with Crippen LogP contribution in [0, 0.1) is 17.8 Å². The molecule has 55 heavy (non-hydrogen) atoms. The molecule has 1 aliphatic rings. The molecular formula is C48H48N2O5. The molecule has 0 aromatic heterocycles. The highest BCUT2D eigenvalue weighted by atomic mass is 16.6. The zero-order valence-corrected chi connectivity index (χ0v) is 31.5. The van der Waals surface area contributed by atoms with Crippen molar-refractivity contribution in [3.63, 3.8) is 0 Å². The molecule has 7 nitrogen and oxygen atoms in total. The summed E-state index contributed by atoms with van der Waals surface area (Å²) in [5.74, 6) is 2.68. The van der Waals surface area contributed by atoms with E-state index in [9.17, 15) is 19.5 Å². The molecule has 1 heterocycles. The maximum Gasteiger partial charge on any atom is 0.417 e. The van der Waals surface area contributed by atoms with Crippen LogP contribution in [0.15, 0.2) is 146 Å². The molecule has 1 aliphatic heterocycles. The highest BCUT2D eigenvalue weighted by Gasteiger charge is 2.47. The standard InChI is InChI=1S/C48H48N2O5/c1-3-29-48(54,30-28-36-18-9-5-10-19-36)32-44(51)45(46(52)50-43(35-55-47(50)53)39-24-15-8-16-25-39)42(4-2)40-26-17-27-41(31-40)49(33-37-20-11-6-12-21-37)34-38-22-13-7-14-23-38/h5-27,31,42-43,45,54H,4,28,30,32-35H2,1-2H3/t42-,43+,45+,48-/m1/s1. The predicted molar refractivity (Wildman–Crippen MR) is 216 cm³/mol. The Bertz CT molecular complexity index is 2050. The Morgan fingerprint density at radius 2 is 1.38 bits per heavy atom. The monoisotopic (exact) mass is 732 g/mol. The first-order valence-corrected chi connectivity index (χ1v) is 19.0. The van der Waals surface area contributed by atoms with Crippen molar-refractivity contribution in [1.29, 1.82) is 0 Å². The molecule has 0 aliphatic carbocycles. The Balaban J connectivity index is 1.38. The number of rotatable bonds is 16. The fourth-order valence-electron chi connectivity index (χ4n) is 7.55. The number of ether oxygens (including phenoxy) is 1. The number of benzene rings is 5. The van der Waals surface area contributed by atoms with Crippen molar-refractivity contribution >= 4 is 23.5 Å². The quantitative estimate of drug-likeness (QED) is 0.0805. The third-order valence-corrected chi connectivity index (χ3v) is 10.3. The summed E-state index contributed by atoms with van der Waals surface area (Å²) in [6, 6.07) is 46.8. The van der Waals surface area contributed by atoms with Crippen LogP contribution in [0.2, 0.25) is 0 Å². The topological polar surface area (TPSA) is 87.2 Å². The Morgan fingerprint density at radius 1 is 0.818 bits per heavy atom. The lowest BCUT2D eigenvalue weighted by atomic mass is 9.76. The minimum Gasteiger partial charge on any atom is -0.446 e. The van der Waals surface area contributed by atoms with Crippen LogP contribution in [-0.4, -0.2) is 40.0 Å². The number of ketones is 1. The van der Waals surface area contributed by atoms with E-state index in [1.807, 2.05) is 122 Å². The van der Waals surface area contributed by atoms with Gasteiger partial charge in [-0.05, 0) is 66.1 Å². The van der Waals surface area contributed by atoms with Gasteiger partial charge >= 0.3 is 6.09 Å². The van der Waals surface area contributed by atoms with Crippen molar-refractivity contribution in [2.75, 3.05) is 11.5 Å². The second-order valence-corrected chi connectivity index (χ2v) is 14.2. The van der Waals surface area contributed by atoms with E-state index in [1.54, 1.807) is 6.92 Å². The van der Waals surface area contributed by atoms with Crippen LogP contribution in [0.3, 0.4) is 0 Å². The summed E-state index contributed by atoms with van der Waals surface area (Å²) in [4.78, 5) is 46.6. The van der Waals surface area contributed by atoms with Crippen LogP contribution < -0.4 is 4.90 Å². The van der Waals surface area contributed by atoms with E-state index in [0.29, 0.717) is 25.9 Å². The van der Waals surface area contributed by atoms with Crippen molar-refractivity contribution < 1.29 is 24.2 Å². The molecule has 0 bridgehead atoms. The molecule has 0 unspecified atom stereocenters. The Morgan fingerprint density at radius 3 is 1.95 bits per heavy atom. The molecule has 0 saturated carbocycles. The molecule has 1 saturated heterocycles. The van der Waals surface area contributed by atoms with Crippen LogP contribution in [0.1, 0.15) is 72.9 Å². The van der Waals surface area contributed by atoms with Crippen LogP contribution in [0.25, 0.3) is 0 Å². The zero-order chi connectivity index (χ0) is 38.6. The largest absolute Gasteiger partial charge is 0.446 e. The predicted octanol–water partition coefficient (Wildman–Crippen LogP) is 9.07. The van der Waals surface area contributed by atoms with Gasteiger partial charge in [0.15, 0.2) is 0 Å². The Kier molecular flexibility index (Phi) is 12.9. The van der Waals surface area contributed by atoms with E-state index in [2.05, 4.69) is 47.1 Å². The lowest BCUT2D eigenvalue weighted by Crippen LogP contribution is -2.45. The van der Waals surface area contributed by atoms with Gasteiger partial charge < -0.3 is 14.7 Å². The van der Waals surface area contributed by atoms with Gasteiger partial charge in [-0.2, -0.15) is 0 Å². The first kappa shape index (κ1) is 38.7. The number of carbonyl (C=O) groups is 3. The lowest BCUT2D eigenvalue weighted by molar-refractivity contribution is -0.142. The number of anilines is 1.